The van der Waals surface area contributed by atoms with Gasteiger partial charge in [0.05, 0.1) is 6.10 Å². The molecule has 0 saturated heterocycles. The predicted molar refractivity (Wildman–Crippen MR) is 69.4 cm³/mol. The molecule has 1 rings (SSSR count). The van der Waals surface area contributed by atoms with Crippen LogP contribution in [0.2, 0.25) is 0 Å². The first-order valence-electron chi connectivity index (χ1n) is 6.17. The Morgan fingerprint density at radius 1 is 1.30 bits per heavy atom. The number of amides is 2. The standard InChI is InChI=1S/C13H17F3N2O2/c1-9(19)10-3-5-11(6-4-10)18-12(20)17-8-2-7-13(14,15)16/h3-6,9,19H,2,7-8H2,1H3,(H2,17,18,20). The molecule has 0 aliphatic carbocycles. The highest BCUT2D eigenvalue weighted by Crippen LogP contribution is 2.20. The number of aliphatic hydroxyl groups excluding tert-OH is 1. The number of carbonyl (C=O) groups excluding carboxylic acids is 1. The van der Waals surface area contributed by atoms with E-state index < -0.39 is 24.7 Å². The zero-order valence-electron chi connectivity index (χ0n) is 11.0. The van der Waals surface area contributed by atoms with Crippen molar-refractivity contribution >= 4 is 11.7 Å². The number of hydrogen-bond donors (Lipinski definition) is 3. The van der Waals surface area contributed by atoms with Crippen LogP contribution in [-0.4, -0.2) is 23.9 Å². The van der Waals surface area contributed by atoms with E-state index in [1.54, 1.807) is 31.2 Å². The molecule has 1 aromatic rings. The van der Waals surface area contributed by atoms with Crippen molar-refractivity contribution in [2.45, 2.75) is 32.0 Å². The number of urea groups is 1. The Morgan fingerprint density at radius 3 is 2.40 bits per heavy atom. The summed E-state index contributed by atoms with van der Waals surface area (Å²) in [5, 5.41) is 14.1. The van der Waals surface area contributed by atoms with Crippen LogP contribution in [-0.2, 0) is 0 Å². The van der Waals surface area contributed by atoms with Gasteiger partial charge in [-0.05, 0) is 31.0 Å². The fraction of sp³-hybridized carbons (Fsp3) is 0.462. The third-order valence-electron chi connectivity index (χ3n) is 2.57. The SMILES string of the molecule is CC(O)c1ccc(NC(=O)NCCCC(F)(F)F)cc1. The number of nitrogens with one attached hydrogen (secondary N) is 2. The zero-order valence-corrected chi connectivity index (χ0v) is 11.0. The van der Waals surface area contributed by atoms with Crippen LogP contribution in [0.15, 0.2) is 24.3 Å². The number of halogens is 3. The van der Waals surface area contributed by atoms with Gasteiger partial charge in [-0.15, -0.1) is 0 Å². The van der Waals surface area contributed by atoms with Crippen LogP contribution in [0.5, 0.6) is 0 Å². The van der Waals surface area contributed by atoms with Crippen molar-refractivity contribution in [2.75, 3.05) is 11.9 Å². The molecule has 0 bridgehead atoms. The molecule has 0 aliphatic rings. The number of aliphatic hydroxyl groups is 1. The van der Waals surface area contributed by atoms with Crippen molar-refractivity contribution < 1.29 is 23.1 Å². The van der Waals surface area contributed by atoms with E-state index in [9.17, 15) is 23.1 Å². The lowest BCUT2D eigenvalue weighted by Crippen LogP contribution is -2.30. The third kappa shape index (κ3) is 6.42. The molecule has 7 heteroatoms. The van der Waals surface area contributed by atoms with Gasteiger partial charge in [0, 0.05) is 18.7 Å². The van der Waals surface area contributed by atoms with Crippen LogP contribution < -0.4 is 10.6 Å². The molecule has 0 heterocycles. The molecule has 0 fully saturated rings. The minimum Gasteiger partial charge on any atom is -0.389 e. The predicted octanol–water partition coefficient (Wildman–Crippen LogP) is 3.20. The van der Waals surface area contributed by atoms with Gasteiger partial charge in [0.2, 0.25) is 0 Å². The summed E-state index contributed by atoms with van der Waals surface area (Å²) < 4.78 is 35.6. The van der Waals surface area contributed by atoms with E-state index in [-0.39, 0.29) is 13.0 Å². The number of benzene rings is 1. The fourth-order valence-electron chi connectivity index (χ4n) is 1.51. The van der Waals surface area contributed by atoms with Gasteiger partial charge in [0.1, 0.15) is 0 Å². The van der Waals surface area contributed by atoms with E-state index >= 15 is 0 Å². The monoisotopic (exact) mass is 290 g/mol. The van der Waals surface area contributed by atoms with Gasteiger partial charge in [-0.3, -0.25) is 0 Å². The Bertz CT molecular complexity index is 430. The van der Waals surface area contributed by atoms with Crippen molar-refractivity contribution in [3.63, 3.8) is 0 Å². The highest BCUT2D eigenvalue weighted by atomic mass is 19.4. The first-order valence-corrected chi connectivity index (χ1v) is 6.17. The average Bonchev–Trinajstić information content (AvgIpc) is 2.34. The molecule has 0 aliphatic heterocycles. The summed E-state index contributed by atoms with van der Waals surface area (Å²) >= 11 is 0. The van der Waals surface area contributed by atoms with Crippen LogP contribution in [0, 0.1) is 0 Å². The lowest BCUT2D eigenvalue weighted by atomic mass is 10.1. The van der Waals surface area contributed by atoms with E-state index in [1.807, 2.05) is 0 Å². The molecule has 1 aromatic carbocycles. The summed E-state index contributed by atoms with van der Waals surface area (Å²) in [5.41, 5.74) is 1.21. The Kier molecular flexibility index (Phi) is 5.82. The van der Waals surface area contributed by atoms with E-state index in [0.717, 1.165) is 0 Å². The maximum Gasteiger partial charge on any atom is 0.389 e. The second-order valence-electron chi connectivity index (χ2n) is 4.40. The normalized spacial score (nSPS) is 12.8. The molecule has 3 N–H and O–H groups in total. The molecule has 112 valence electrons. The molecule has 4 nitrogen and oxygen atoms in total. The maximum absolute atomic E-state index is 11.9. The molecule has 20 heavy (non-hydrogen) atoms. The number of carbonyl (C=O) groups is 1. The largest absolute Gasteiger partial charge is 0.389 e. The van der Waals surface area contributed by atoms with Crippen LogP contribution in [0.25, 0.3) is 0 Å². The summed E-state index contributed by atoms with van der Waals surface area (Å²) in [5.74, 6) is 0. The van der Waals surface area contributed by atoms with Crippen LogP contribution in [0.4, 0.5) is 23.7 Å². The molecule has 0 saturated carbocycles. The Labute approximate surface area is 115 Å². The lowest BCUT2D eigenvalue weighted by Gasteiger charge is -2.10. The van der Waals surface area contributed by atoms with Gasteiger partial charge in [0.25, 0.3) is 0 Å². The Morgan fingerprint density at radius 2 is 1.90 bits per heavy atom. The zero-order chi connectivity index (χ0) is 15.2. The highest BCUT2D eigenvalue weighted by molar-refractivity contribution is 5.89. The lowest BCUT2D eigenvalue weighted by molar-refractivity contribution is -0.135. The van der Waals surface area contributed by atoms with E-state index in [1.165, 1.54) is 0 Å². The van der Waals surface area contributed by atoms with Gasteiger partial charge in [-0.2, -0.15) is 13.2 Å². The van der Waals surface area contributed by atoms with Gasteiger partial charge in [-0.25, -0.2) is 4.79 Å². The summed E-state index contributed by atoms with van der Waals surface area (Å²) in [4.78, 5) is 11.4. The molecule has 0 radical (unpaired) electrons. The summed E-state index contributed by atoms with van der Waals surface area (Å²) in [7, 11) is 0. The highest BCUT2D eigenvalue weighted by Gasteiger charge is 2.25. The summed E-state index contributed by atoms with van der Waals surface area (Å²) in [6.07, 6.45) is -5.87. The molecular weight excluding hydrogens is 273 g/mol. The first kappa shape index (κ1) is 16.3. The van der Waals surface area contributed by atoms with Crippen molar-refractivity contribution in [2.24, 2.45) is 0 Å². The van der Waals surface area contributed by atoms with Gasteiger partial charge in [0.15, 0.2) is 0 Å². The number of hydrogen-bond acceptors (Lipinski definition) is 2. The van der Waals surface area contributed by atoms with Crippen molar-refractivity contribution in [1.29, 1.82) is 0 Å². The number of rotatable bonds is 5. The van der Waals surface area contributed by atoms with E-state index in [4.69, 9.17) is 0 Å². The van der Waals surface area contributed by atoms with E-state index in [0.29, 0.717) is 11.3 Å². The number of alkyl halides is 3. The van der Waals surface area contributed by atoms with Crippen molar-refractivity contribution in [3.05, 3.63) is 29.8 Å². The first-order chi connectivity index (χ1) is 9.28. The van der Waals surface area contributed by atoms with Gasteiger partial charge in [-0.1, -0.05) is 12.1 Å². The van der Waals surface area contributed by atoms with E-state index in [2.05, 4.69) is 10.6 Å². The minimum absolute atomic E-state index is 0.0445. The second-order valence-corrected chi connectivity index (χ2v) is 4.40. The van der Waals surface area contributed by atoms with Crippen molar-refractivity contribution in [3.8, 4) is 0 Å². The minimum atomic E-state index is -4.20. The Hall–Kier alpha value is -1.76. The van der Waals surface area contributed by atoms with Gasteiger partial charge >= 0.3 is 12.2 Å². The maximum atomic E-state index is 11.9. The van der Waals surface area contributed by atoms with Crippen molar-refractivity contribution in [1.82, 2.24) is 5.32 Å². The van der Waals surface area contributed by atoms with Crippen LogP contribution in [0.1, 0.15) is 31.4 Å². The molecule has 1 atom stereocenters. The fourth-order valence-corrected chi connectivity index (χ4v) is 1.51. The number of anilines is 1. The third-order valence-corrected chi connectivity index (χ3v) is 2.57. The molecular formula is C13H17F3N2O2. The smallest absolute Gasteiger partial charge is 0.389 e. The molecule has 0 aromatic heterocycles. The van der Waals surface area contributed by atoms with Crippen LogP contribution in [0.3, 0.4) is 0 Å². The quantitative estimate of drug-likeness (QED) is 0.729. The summed E-state index contributed by atoms with van der Waals surface area (Å²) in [6.45, 7) is 1.58. The summed E-state index contributed by atoms with van der Waals surface area (Å²) in [6, 6.07) is 5.97. The molecule has 0 spiro atoms. The van der Waals surface area contributed by atoms with Gasteiger partial charge < -0.3 is 15.7 Å². The second kappa shape index (κ2) is 7.14. The Balaban J connectivity index is 2.32. The topological polar surface area (TPSA) is 61.4 Å². The van der Waals surface area contributed by atoms with Crippen LogP contribution >= 0.6 is 0 Å². The molecule has 1 unspecified atom stereocenters. The average molecular weight is 290 g/mol. The molecule has 2 amide bonds.